The highest BCUT2D eigenvalue weighted by Crippen LogP contribution is 2.39. The van der Waals surface area contributed by atoms with Gasteiger partial charge in [-0.05, 0) is 16.6 Å². The summed E-state index contributed by atoms with van der Waals surface area (Å²) >= 11 is 6.28. The molecule has 0 unspecified atom stereocenters. The zero-order valence-corrected chi connectivity index (χ0v) is 14.2. The van der Waals surface area contributed by atoms with E-state index in [2.05, 4.69) is 70.7 Å². The molecule has 0 aliphatic carbocycles. The van der Waals surface area contributed by atoms with Crippen molar-refractivity contribution in [2.45, 2.75) is 40.4 Å². The summed E-state index contributed by atoms with van der Waals surface area (Å²) in [4.78, 5) is 0. The third-order valence-electron chi connectivity index (χ3n) is 3.15. The first-order valence-electron chi connectivity index (χ1n) is 6.53. The average molecular weight is 281 g/mol. The lowest BCUT2D eigenvalue weighted by molar-refractivity contribution is 0.565. The predicted molar refractivity (Wildman–Crippen MR) is 86.9 cm³/mol. The van der Waals surface area contributed by atoms with E-state index < -0.39 is 8.07 Å². The maximum Gasteiger partial charge on any atom is 0.0744 e. The molecule has 0 N–H and O–H groups in total. The normalized spacial score (nSPS) is 14.4. The molecule has 0 aromatic heterocycles. The van der Waals surface area contributed by atoms with E-state index in [1.54, 1.807) is 0 Å². The van der Waals surface area contributed by atoms with Gasteiger partial charge in [0.15, 0.2) is 0 Å². The lowest BCUT2D eigenvalue weighted by Gasteiger charge is -2.32. The van der Waals surface area contributed by atoms with Gasteiger partial charge in [0.05, 0.1) is 8.07 Å². The third-order valence-corrected chi connectivity index (χ3v) is 5.88. The number of alkyl halides is 1. The van der Waals surface area contributed by atoms with Gasteiger partial charge in [0.2, 0.25) is 0 Å². The molecule has 0 bridgehead atoms. The smallest absolute Gasteiger partial charge is 0.0744 e. The summed E-state index contributed by atoms with van der Waals surface area (Å²) < 4.78 is 0. The number of halogens is 1. The Morgan fingerprint density at radius 2 is 1.56 bits per heavy atom. The van der Waals surface area contributed by atoms with Crippen LogP contribution in [0.15, 0.2) is 35.5 Å². The van der Waals surface area contributed by atoms with E-state index in [9.17, 15) is 0 Å². The van der Waals surface area contributed by atoms with Crippen molar-refractivity contribution >= 4 is 25.2 Å². The summed E-state index contributed by atoms with van der Waals surface area (Å²) in [6.45, 7) is 14.0. The van der Waals surface area contributed by atoms with Crippen LogP contribution in [0.4, 0.5) is 0 Å². The van der Waals surface area contributed by atoms with Crippen LogP contribution in [-0.2, 0) is 0 Å². The van der Waals surface area contributed by atoms with Crippen molar-refractivity contribution in [3.63, 3.8) is 0 Å². The minimum absolute atomic E-state index is 0.131. The maximum atomic E-state index is 6.28. The highest BCUT2D eigenvalue weighted by Gasteiger charge is 2.29. The Kier molecular flexibility index (Phi) is 4.85. The number of allylic oxidation sites excluding steroid dienone is 2. The molecule has 0 fully saturated rings. The van der Waals surface area contributed by atoms with Crippen LogP contribution in [0.1, 0.15) is 26.3 Å². The first-order chi connectivity index (χ1) is 8.18. The zero-order chi connectivity index (χ0) is 14.0. The summed E-state index contributed by atoms with van der Waals surface area (Å²) in [5, 5.41) is 1.47. The SMILES string of the molecule is CC(C)(C)/C(=C(\CCl)[Si](C)(C)C)c1ccccc1. The summed E-state index contributed by atoms with van der Waals surface area (Å²) in [6.07, 6.45) is 0. The quantitative estimate of drug-likeness (QED) is 0.499. The van der Waals surface area contributed by atoms with Crippen molar-refractivity contribution in [3.8, 4) is 0 Å². The second kappa shape index (κ2) is 5.62. The van der Waals surface area contributed by atoms with E-state index in [-0.39, 0.29) is 5.41 Å². The first kappa shape index (κ1) is 15.5. The van der Waals surface area contributed by atoms with Crippen molar-refractivity contribution in [2.75, 3.05) is 5.88 Å². The monoisotopic (exact) mass is 280 g/mol. The number of hydrogen-bond acceptors (Lipinski definition) is 0. The van der Waals surface area contributed by atoms with Crippen LogP contribution in [-0.4, -0.2) is 14.0 Å². The van der Waals surface area contributed by atoms with Gasteiger partial charge in [-0.3, -0.25) is 0 Å². The van der Waals surface area contributed by atoms with Gasteiger partial charge in [-0.15, -0.1) is 11.6 Å². The fourth-order valence-electron chi connectivity index (χ4n) is 2.31. The Balaban J connectivity index is 3.53. The Bertz CT molecular complexity index is 419. The van der Waals surface area contributed by atoms with E-state index in [0.29, 0.717) is 5.88 Å². The van der Waals surface area contributed by atoms with Crippen LogP contribution < -0.4 is 0 Å². The molecule has 1 rings (SSSR count). The molecule has 0 nitrogen and oxygen atoms in total. The molecule has 0 aliphatic rings. The molecule has 0 saturated carbocycles. The molecular formula is C16H25ClSi. The van der Waals surface area contributed by atoms with Crippen LogP contribution in [0, 0.1) is 5.41 Å². The summed E-state index contributed by atoms with van der Waals surface area (Å²) in [6, 6.07) is 10.7. The summed E-state index contributed by atoms with van der Waals surface area (Å²) in [5.41, 5.74) is 2.90. The third kappa shape index (κ3) is 3.73. The highest BCUT2D eigenvalue weighted by atomic mass is 35.5. The molecular weight excluding hydrogens is 256 g/mol. The van der Waals surface area contributed by atoms with Gasteiger partial charge in [-0.25, -0.2) is 0 Å². The lowest BCUT2D eigenvalue weighted by Crippen LogP contribution is -2.29. The number of rotatable bonds is 3. The molecule has 0 heterocycles. The van der Waals surface area contributed by atoms with E-state index in [1.165, 1.54) is 16.3 Å². The molecule has 1 aromatic rings. The van der Waals surface area contributed by atoms with Gasteiger partial charge in [-0.2, -0.15) is 0 Å². The van der Waals surface area contributed by atoms with Crippen molar-refractivity contribution in [1.29, 1.82) is 0 Å². The highest BCUT2D eigenvalue weighted by molar-refractivity contribution is 6.84. The van der Waals surface area contributed by atoms with Gasteiger partial charge in [0.1, 0.15) is 0 Å². The maximum absolute atomic E-state index is 6.28. The minimum Gasteiger partial charge on any atom is -0.122 e. The number of benzene rings is 1. The van der Waals surface area contributed by atoms with Gasteiger partial charge < -0.3 is 0 Å². The standard InChI is InChI=1S/C16H25ClSi/c1-16(2,3)15(13-10-8-7-9-11-13)14(12-17)18(4,5)6/h7-11H,12H2,1-6H3/b15-14+. The summed E-state index contributed by atoms with van der Waals surface area (Å²) in [5.74, 6) is 0.650. The molecule has 0 saturated heterocycles. The van der Waals surface area contributed by atoms with Crippen molar-refractivity contribution in [1.82, 2.24) is 0 Å². The van der Waals surface area contributed by atoms with Crippen molar-refractivity contribution in [3.05, 3.63) is 41.1 Å². The van der Waals surface area contributed by atoms with Crippen LogP contribution in [0.3, 0.4) is 0 Å². The van der Waals surface area contributed by atoms with E-state index in [1.807, 2.05) is 0 Å². The second-order valence-electron chi connectivity index (χ2n) is 6.85. The van der Waals surface area contributed by atoms with Gasteiger partial charge >= 0.3 is 0 Å². The van der Waals surface area contributed by atoms with Crippen LogP contribution in [0.2, 0.25) is 19.6 Å². The van der Waals surface area contributed by atoms with Crippen LogP contribution in [0.5, 0.6) is 0 Å². The van der Waals surface area contributed by atoms with Crippen molar-refractivity contribution < 1.29 is 0 Å². The Hall–Kier alpha value is -0.533. The van der Waals surface area contributed by atoms with E-state index in [0.717, 1.165) is 0 Å². The molecule has 0 aliphatic heterocycles. The van der Waals surface area contributed by atoms with Crippen molar-refractivity contribution in [2.24, 2.45) is 5.41 Å². The molecule has 18 heavy (non-hydrogen) atoms. The molecule has 100 valence electrons. The van der Waals surface area contributed by atoms with Gasteiger partial charge in [0, 0.05) is 5.88 Å². The fraction of sp³-hybridized carbons (Fsp3) is 0.500. The Labute approximate surface area is 118 Å². The Morgan fingerprint density at radius 3 is 1.89 bits per heavy atom. The summed E-state index contributed by atoms with van der Waals surface area (Å²) in [7, 11) is -1.39. The molecule has 0 radical (unpaired) electrons. The van der Waals surface area contributed by atoms with Crippen LogP contribution in [0.25, 0.3) is 5.57 Å². The average Bonchev–Trinajstić information content (AvgIpc) is 2.23. The van der Waals surface area contributed by atoms with Gasteiger partial charge in [0.25, 0.3) is 0 Å². The largest absolute Gasteiger partial charge is 0.122 e. The second-order valence-corrected chi connectivity index (χ2v) is 12.2. The van der Waals surface area contributed by atoms with E-state index in [4.69, 9.17) is 11.6 Å². The first-order valence-corrected chi connectivity index (χ1v) is 10.6. The predicted octanol–water partition coefficient (Wildman–Crippen LogP) is 5.60. The topological polar surface area (TPSA) is 0 Å². The molecule has 0 spiro atoms. The Morgan fingerprint density at radius 1 is 1.06 bits per heavy atom. The lowest BCUT2D eigenvalue weighted by atomic mass is 9.82. The molecule has 0 amide bonds. The number of hydrogen-bond donors (Lipinski definition) is 0. The molecule has 0 atom stereocenters. The molecule has 1 aromatic carbocycles. The molecule has 2 heteroatoms. The fourth-order valence-corrected chi connectivity index (χ4v) is 5.31. The zero-order valence-electron chi connectivity index (χ0n) is 12.5. The van der Waals surface area contributed by atoms with Gasteiger partial charge in [-0.1, -0.05) is 75.9 Å². The minimum atomic E-state index is -1.39. The van der Waals surface area contributed by atoms with E-state index >= 15 is 0 Å². The van der Waals surface area contributed by atoms with Crippen LogP contribution >= 0.6 is 11.6 Å².